The van der Waals surface area contributed by atoms with Gasteiger partial charge < -0.3 is 11.1 Å². The molecule has 0 radical (unpaired) electrons. The number of halogens is 3. The highest BCUT2D eigenvalue weighted by molar-refractivity contribution is 5.92. The number of nitrogens with two attached hydrogens (primary N) is 1. The molecular formula is C17H20F3N3. The highest BCUT2D eigenvalue weighted by Gasteiger charge is 2.33. The van der Waals surface area contributed by atoms with E-state index in [9.17, 15) is 13.2 Å². The lowest BCUT2D eigenvalue weighted by molar-refractivity contribution is -0.140. The SMILES string of the molecule is Cc1ccc2nc(C(F)(F)F)cc(NC3CCCC(N)C3)c2c1. The molecule has 1 aromatic heterocycles. The molecule has 124 valence electrons. The van der Waals surface area contributed by atoms with Crippen molar-refractivity contribution >= 4 is 16.6 Å². The van der Waals surface area contributed by atoms with E-state index in [1.54, 1.807) is 12.1 Å². The minimum atomic E-state index is -4.46. The first-order chi connectivity index (χ1) is 10.8. The van der Waals surface area contributed by atoms with Gasteiger partial charge in [0.25, 0.3) is 0 Å². The summed E-state index contributed by atoms with van der Waals surface area (Å²) in [6.45, 7) is 1.91. The summed E-state index contributed by atoms with van der Waals surface area (Å²) in [4.78, 5) is 3.77. The summed E-state index contributed by atoms with van der Waals surface area (Å²) in [5.41, 5.74) is 6.95. The van der Waals surface area contributed by atoms with Gasteiger partial charge in [-0.15, -0.1) is 0 Å². The zero-order valence-corrected chi connectivity index (χ0v) is 13.0. The molecule has 0 spiro atoms. The first kappa shape index (κ1) is 16.1. The Morgan fingerprint density at radius 1 is 1.22 bits per heavy atom. The molecule has 0 saturated heterocycles. The predicted octanol–water partition coefficient (Wildman–Crippen LogP) is 4.24. The van der Waals surface area contributed by atoms with Crippen LogP contribution in [0.5, 0.6) is 0 Å². The number of benzene rings is 1. The van der Waals surface area contributed by atoms with Gasteiger partial charge in [-0.2, -0.15) is 13.2 Å². The van der Waals surface area contributed by atoms with Crippen LogP contribution in [0.15, 0.2) is 24.3 Å². The van der Waals surface area contributed by atoms with Crippen LogP contribution in [0.1, 0.15) is 36.9 Å². The number of fused-ring (bicyclic) bond motifs is 1. The first-order valence-electron chi connectivity index (χ1n) is 7.83. The van der Waals surface area contributed by atoms with Gasteiger partial charge in [-0.1, -0.05) is 11.6 Å². The van der Waals surface area contributed by atoms with Crippen molar-refractivity contribution in [2.24, 2.45) is 5.73 Å². The number of hydrogen-bond acceptors (Lipinski definition) is 3. The van der Waals surface area contributed by atoms with Gasteiger partial charge in [0, 0.05) is 23.2 Å². The average molecular weight is 323 g/mol. The molecule has 6 heteroatoms. The van der Waals surface area contributed by atoms with Gasteiger partial charge in [-0.05, 0) is 50.8 Å². The van der Waals surface area contributed by atoms with Gasteiger partial charge in [0.05, 0.1) is 5.52 Å². The van der Waals surface area contributed by atoms with E-state index in [0.29, 0.717) is 11.2 Å². The van der Waals surface area contributed by atoms with Crippen LogP contribution in [0, 0.1) is 6.92 Å². The minimum Gasteiger partial charge on any atom is -0.382 e. The molecule has 1 aromatic carbocycles. The summed E-state index contributed by atoms with van der Waals surface area (Å²) in [6.07, 6.45) is -0.796. The average Bonchev–Trinajstić information content (AvgIpc) is 2.46. The summed E-state index contributed by atoms with van der Waals surface area (Å²) >= 11 is 0. The normalized spacial score (nSPS) is 22.3. The molecule has 1 fully saturated rings. The molecule has 1 saturated carbocycles. The van der Waals surface area contributed by atoms with Crippen molar-refractivity contribution in [1.29, 1.82) is 0 Å². The number of pyridine rings is 1. The summed E-state index contributed by atoms with van der Waals surface area (Å²) in [5.74, 6) is 0. The van der Waals surface area contributed by atoms with E-state index in [-0.39, 0.29) is 12.1 Å². The van der Waals surface area contributed by atoms with Gasteiger partial charge in [0.15, 0.2) is 0 Å². The lowest BCUT2D eigenvalue weighted by Crippen LogP contribution is -2.35. The topological polar surface area (TPSA) is 50.9 Å². The van der Waals surface area contributed by atoms with E-state index < -0.39 is 11.9 Å². The molecule has 1 heterocycles. The van der Waals surface area contributed by atoms with Crippen LogP contribution >= 0.6 is 0 Å². The monoisotopic (exact) mass is 323 g/mol. The predicted molar refractivity (Wildman–Crippen MR) is 85.3 cm³/mol. The maximum atomic E-state index is 13.1. The third-order valence-electron chi connectivity index (χ3n) is 4.33. The van der Waals surface area contributed by atoms with Gasteiger partial charge in [-0.25, -0.2) is 4.98 Å². The summed E-state index contributed by atoms with van der Waals surface area (Å²) in [5, 5.41) is 3.99. The van der Waals surface area contributed by atoms with Gasteiger partial charge in [-0.3, -0.25) is 0 Å². The fraction of sp³-hybridized carbons (Fsp3) is 0.471. The zero-order valence-electron chi connectivity index (χ0n) is 13.0. The standard InChI is InChI=1S/C17H20F3N3/c1-10-5-6-14-13(7-10)15(9-16(23-14)17(18,19)20)22-12-4-2-3-11(21)8-12/h5-7,9,11-12H,2-4,8,21H2,1H3,(H,22,23). The second kappa shape index (κ2) is 6.00. The Morgan fingerprint density at radius 3 is 2.70 bits per heavy atom. The lowest BCUT2D eigenvalue weighted by Gasteiger charge is -2.29. The van der Waals surface area contributed by atoms with Crippen molar-refractivity contribution in [3.63, 3.8) is 0 Å². The molecular weight excluding hydrogens is 303 g/mol. The van der Waals surface area contributed by atoms with Crippen LogP contribution in [0.3, 0.4) is 0 Å². The van der Waals surface area contributed by atoms with E-state index in [1.807, 2.05) is 13.0 Å². The fourth-order valence-electron chi connectivity index (χ4n) is 3.18. The molecule has 0 amide bonds. The molecule has 0 bridgehead atoms. The third-order valence-corrected chi connectivity index (χ3v) is 4.33. The number of aromatic nitrogens is 1. The molecule has 3 nitrogen and oxygen atoms in total. The Balaban J connectivity index is 2.03. The number of nitrogens with one attached hydrogen (secondary N) is 1. The fourth-order valence-corrected chi connectivity index (χ4v) is 3.18. The molecule has 3 rings (SSSR count). The van der Waals surface area contributed by atoms with Crippen molar-refractivity contribution in [3.8, 4) is 0 Å². The number of rotatable bonds is 2. The molecule has 23 heavy (non-hydrogen) atoms. The van der Waals surface area contributed by atoms with Gasteiger partial charge in [0.1, 0.15) is 5.69 Å². The Bertz CT molecular complexity index is 712. The number of aryl methyl sites for hydroxylation is 1. The van der Waals surface area contributed by atoms with Crippen molar-refractivity contribution in [2.45, 2.75) is 50.9 Å². The van der Waals surface area contributed by atoms with E-state index in [1.165, 1.54) is 0 Å². The second-order valence-electron chi connectivity index (χ2n) is 6.34. The molecule has 0 aliphatic heterocycles. The molecule has 3 N–H and O–H groups in total. The van der Waals surface area contributed by atoms with Gasteiger partial charge >= 0.3 is 6.18 Å². The van der Waals surface area contributed by atoms with Crippen LogP contribution in [-0.2, 0) is 6.18 Å². The van der Waals surface area contributed by atoms with Crippen LogP contribution < -0.4 is 11.1 Å². The third kappa shape index (κ3) is 3.58. The smallest absolute Gasteiger partial charge is 0.382 e. The summed E-state index contributed by atoms with van der Waals surface area (Å²) < 4.78 is 39.3. The van der Waals surface area contributed by atoms with Crippen LogP contribution in [0.25, 0.3) is 10.9 Å². The van der Waals surface area contributed by atoms with E-state index in [4.69, 9.17) is 5.73 Å². The van der Waals surface area contributed by atoms with Crippen molar-refractivity contribution in [2.75, 3.05) is 5.32 Å². The number of nitrogens with zero attached hydrogens (tertiary/aromatic N) is 1. The zero-order chi connectivity index (χ0) is 16.6. The molecule has 1 aliphatic rings. The molecule has 2 atom stereocenters. The Morgan fingerprint density at radius 2 is 2.00 bits per heavy atom. The Hall–Kier alpha value is -1.82. The second-order valence-corrected chi connectivity index (χ2v) is 6.34. The minimum absolute atomic E-state index is 0.103. The molecule has 1 aliphatic carbocycles. The highest BCUT2D eigenvalue weighted by Crippen LogP contribution is 2.34. The highest BCUT2D eigenvalue weighted by atomic mass is 19.4. The summed E-state index contributed by atoms with van der Waals surface area (Å²) in [6, 6.07) is 6.60. The van der Waals surface area contributed by atoms with E-state index >= 15 is 0 Å². The Labute approximate surface area is 133 Å². The maximum absolute atomic E-state index is 13.1. The van der Waals surface area contributed by atoms with Crippen LogP contribution in [0.2, 0.25) is 0 Å². The maximum Gasteiger partial charge on any atom is 0.433 e. The first-order valence-corrected chi connectivity index (χ1v) is 7.83. The quantitative estimate of drug-likeness (QED) is 0.869. The lowest BCUT2D eigenvalue weighted by atomic mass is 9.91. The van der Waals surface area contributed by atoms with Crippen LogP contribution in [0.4, 0.5) is 18.9 Å². The molecule has 2 unspecified atom stereocenters. The molecule has 2 aromatic rings. The number of hydrogen-bond donors (Lipinski definition) is 2. The van der Waals surface area contributed by atoms with Crippen molar-refractivity contribution in [1.82, 2.24) is 4.98 Å². The summed E-state index contributed by atoms with van der Waals surface area (Å²) in [7, 11) is 0. The van der Waals surface area contributed by atoms with E-state index in [0.717, 1.165) is 42.7 Å². The van der Waals surface area contributed by atoms with Gasteiger partial charge in [0.2, 0.25) is 0 Å². The van der Waals surface area contributed by atoms with E-state index in [2.05, 4.69) is 10.3 Å². The number of anilines is 1. The Kier molecular flexibility index (Phi) is 4.19. The van der Waals surface area contributed by atoms with Crippen LogP contribution in [-0.4, -0.2) is 17.1 Å². The largest absolute Gasteiger partial charge is 0.433 e. The number of alkyl halides is 3. The van der Waals surface area contributed by atoms with Crippen molar-refractivity contribution in [3.05, 3.63) is 35.5 Å². The van der Waals surface area contributed by atoms with Crippen molar-refractivity contribution < 1.29 is 13.2 Å².